The minimum absolute atomic E-state index is 0.0989. The fourth-order valence-corrected chi connectivity index (χ4v) is 30.7. The molecule has 2 N–H and O–H groups in total. The van der Waals surface area contributed by atoms with Crippen molar-refractivity contribution in [3.8, 4) is 22.3 Å². The van der Waals surface area contributed by atoms with E-state index >= 15 is 0 Å². The molecule has 0 heterocycles. The third-order valence-corrected chi connectivity index (χ3v) is 32.5. The molecule has 2 unspecified atom stereocenters. The van der Waals surface area contributed by atoms with Crippen molar-refractivity contribution in [2.45, 2.75) is 127 Å². The van der Waals surface area contributed by atoms with Gasteiger partial charge in [0, 0.05) is 0 Å². The molecule has 0 fully saturated rings. The molecule has 4 nitrogen and oxygen atoms in total. The Hall–Kier alpha value is -3.17. The second-order valence-electron chi connectivity index (χ2n) is 20.2. The van der Waals surface area contributed by atoms with Crippen LogP contribution >= 0.6 is 17.0 Å². The van der Waals surface area contributed by atoms with Gasteiger partial charge < -0.3 is 0 Å². The SMILES string of the molecule is CCC(=O)N[B](NC(=O)CC)[Zr]([Cl])([Cl])([CH]1C(CC(C)C)=Cc2c(-c3ccccc3C(C)(C)C)cccc21)[CH]1C(CC(C)C)=Cc2c(-c3ccccc3C(C)(C)C)cccc21. The van der Waals surface area contributed by atoms with Crippen LogP contribution in [0.3, 0.4) is 0 Å². The first-order valence-electron chi connectivity index (χ1n) is 22.1. The van der Waals surface area contributed by atoms with Crippen molar-refractivity contribution in [2.24, 2.45) is 11.8 Å². The Morgan fingerprint density at radius 2 is 0.933 bits per heavy atom. The summed E-state index contributed by atoms with van der Waals surface area (Å²) in [5.74, 6) is 0.196. The molecule has 2 aliphatic rings. The summed E-state index contributed by atoms with van der Waals surface area (Å²) in [5.41, 5.74) is 13.7. The Morgan fingerprint density at radius 1 is 0.583 bits per heavy atom. The number of carbonyl (C=O) groups is 2. The zero-order chi connectivity index (χ0) is 44.0. The monoisotopic (exact) mass is 921 g/mol. The van der Waals surface area contributed by atoms with Gasteiger partial charge in [-0.2, -0.15) is 0 Å². The molecule has 0 spiro atoms. The summed E-state index contributed by atoms with van der Waals surface area (Å²) in [6.45, 7) is 26.2. The van der Waals surface area contributed by atoms with Crippen molar-refractivity contribution in [3.05, 3.63) is 129 Å². The zero-order valence-corrected chi connectivity index (χ0v) is 42.0. The third kappa shape index (κ3) is 8.74. The van der Waals surface area contributed by atoms with Crippen molar-refractivity contribution in [3.63, 3.8) is 0 Å². The molecule has 2 amide bonds. The molecule has 0 bridgehead atoms. The number of rotatable bonds is 13. The van der Waals surface area contributed by atoms with Gasteiger partial charge in [-0.05, 0) is 0 Å². The van der Waals surface area contributed by atoms with Gasteiger partial charge in [0.2, 0.25) is 0 Å². The summed E-state index contributed by atoms with van der Waals surface area (Å²) < 4.78 is -1.82. The van der Waals surface area contributed by atoms with Gasteiger partial charge in [0.1, 0.15) is 0 Å². The maximum atomic E-state index is 13.9. The molecule has 2 atom stereocenters. The topological polar surface area (TPSA) is 58.2 Å². The average molecular weight is 924 g/mol. The van der Waals surface area contributed by atoms with Gasteiger partial charge in [0.25, 0.3) is 0 Å². The normalized spacial score (nSPS) is 17.1. The van der Waals surface area contributed by atoms with Crippen LogP contribution in [0.4, 0.5) is 0 Å². The van der Waals surface area contributed by atoms with Gasteiger partial charge in [0.15, 0.2) is 0 Å². The van der Waals surface area contributed by atoms with Crippen LogP contribution < -0.4 is 10.5 Å². The van der Waals surface area contributed by atoms with Crippen LogP contribution in [-0.2, 0) is 36.6 Å². The van der Waals surface area contributed by atoms with Crippen LogP contribution in [0, 0.1) is 11.8 Å². The van der Waals surface area contributed by atoms with Crippen LogP contribution in [0.1, 0.15) is 149 Å². The van der Waals surface area contributed by atoms with Crippen molar-refractivity contribution in [1.29, 1.82) is 0 Å². The quantitative estimate of drug-likeness (QED) is 0.131. The van der Waals surface area contributed by atoms with Gasteiger partial charge in [0.05, 0.1) is 0 Å². The van der Waals surface area contributed by atoms with E-state index in [9.17, 15) is 9.59 Å². The Balaban J connectivity index is 1.75. The van der Waals surface area contributed by atoms with Gasteiger partial charge in [-0.15, -0.1) is 0 Å². The number of hydrogen-bond acceptors (Lipinski definition) is 2. The van der Waals surface area contributed by atoms with Crippen LogP contribution in [-0.4, -0.2) is 16.3 Å². The van der Waals surface area contributed by atoms with Crippen LogP contribution in [0.5, 0.6) is 0 Å². The first-order valence-corrected chi connectivity index (χ1v) is 32.7. The average Bonchev–Trinajstić information content (AvgIpc) is 3.75. The molecule has 4 aromatic rings. The molecule has 0 aromatic heterocycles. The van der Waals surface area contributed by atoms with E-state index in [-0.39, 0.29) is 35.5 Å². The first kappa shape index (κ1) is 46.3. The van der Waals surface area contributed by atoms with E-state index in [1.807, 2.05) is 13.8 Å². The molecule has 0 aliphatic heterocycles. The van der Waals surface area contributed by atoms with Crippen LogP contribution in [0.25, 0.3) is 34.4 Å². The molecule has 60 heavy (non-hydrogen) atoms. The number of halogens is 2. The Bertz CT molecular complexity index is 2190. The summed E-state index contributed by atoms with van der Waals surface area (Å²) in [6.07, 6.45) is 6.72. The van der Waals surface area contributed by atoms with Crippen molar-refractivity contribution >= 4 is 45.5 Å². The van der Waals surface area contributed by atoms with E-state index in [1.54, 1.807) is 0 Å². The van der Waals surface area contributed by atoms with E-state index in [4.69, 9.17) is 17.0 Å². The number of nitrogens with one attached hydrogen (secondary N) is 2. The van der Waals surface area contributed by atoms with E-state index in [2.05, 4.69) is 177 Å². The predicted octanol–water partition coefficient (Wildman–Crippen LogP) is 14.3. The number of carbonyl (C=O) groups excluding carboxylic acids is 2. The van der Waals surface area contributed by atoms with Crippen LogP contribution in [0.2, 0.25) is 0 Å². The number of allylic oxidation sites excluding steroid dienone is 2. The molecule has 0 saturated heterocycles. The molecule has 317 valence electrons. The summed E-state index contributed by atoms with van der Waals surface area (Å²) in [6, 6.07) is 30.6. The van der Waals surface area contributed by atoms with E-state index in [1.165, 1.54) is 33.4 Å². The van der Waals surface area contributed by atoms with Gasteiger partial charge in [-0.3, -0.25) is 0 Å². The molecular weight excluding hydrogens is 858 g/mol. The second kappa shape index (κ2) is 17.5. The Labute approximate surface area is 369 Å². The van der Waals surface area contributed by atoms with Crippen molar-refractivity contribution in [2.75, 3.05) is 0 Å². The molecule has 6 rings (SSSR count). The van der Waals surface area contributed by atoms with E-state index in [0.717, 1.165) is 46.2 Å². The van der Waals surface area contributed by atoms with Crippen molar-refractivity contribution in [1.82, 2.24) is 10.5 Å². The summed E-state index contributed by atoms with van der Waals surface area (Å²) in [4.78, 5) is 27.8. The third-order valence-electron chi connectivity index (χ3n) is 12.5. The molecule has 4 aromatic carbocycles. The van der Waals surface area contributed by atoms with Gasteiger partial charge in [-0.25, -0.2) is 0 Å². The van der Waals surface area contributed by atoms with Gasteiger partial charge >= 0.3 is 372 Å². The molecular formula is C52H66BCl2N2O2Zr. The summed E-state index contributed by atoms with van der Waals surface area (Å²) in [5, 5.41) is 6.66. The Kier molecular flexibility index (Phi) is 13.5. The number of hydrogen-bond donors (Lipinski definition) is 2. The van der Waals surface area contributed by atoms with Gasteiger partial charge in [-0.1, -0.05) is 0 Å². The summed E-state index contributed by atoms with van der Waals surface area (Å²) >= 11 is -6.11. The molecule has 8 heteroatoms. The first-order chi connectivity index (χ1) is 28.1. The standard InChI is InChI=1S/2C23H27.C6H11BN2O2.2ClH.Zr/c2*1-16(2)13-17-14-18-9-8-11-19(21(18)15-17)20-10-6-7-12-22(20)23(3,4)5;1-3-5(10)8-7-9-6(11)4-2;;;/h2*6-12,14-16H,13H2,1-5H3;3-4H2,1-2H3,(H-,8,9,10,11);2*1H;/q;;;;;+1/p-1. The minimum atomic E-state index is -6.11. The van der Waals surface area contributed by atoms with Crippen molar-refractivity contribution < 1.29 is 25.8 Å². The maximum absolute atomic E-state index is 13.9. The van der Waals surface area contributed by atoms with E-state index < -0.39 is 27.9 Å². The summed E-state index contributed by atoms with van der Waals surface area (Å²) in [7, 11) is 18.1. The molecule has 2 aliphatic carbocycles. The van der Waals surface area contributed by atoms with Crippen LogP contribution in [0.15, 0.2) is 96.1 Å². The zero-order valence-electron chi connectivity index (χ0n) is 38.0. The predicted molar refractivity (Wildman–Crippen MR) is 256 cm³/mol. The Morgan fingerprint density at radius 3 is 1.27 bits per heavy atom. The number of benzene rings is 4. The van der Waals surface area contributed by atoms with E-state index in [0.29, 0.717) is 11.8 Å². The number of fused-ring (bicyclic) bond motifs is 2. The fraction of sp³-hybridized carbons (Fsp3) is 0.423. The molecule has 0 saturated carbocycles. The fourth-order valence-electron chi connectivity index (χ4n) is 10.1. The number of amides is 2. The molecule has 0 radical (unpaired) electrons. The second-order valence-corrected chi connectivity index (χ2v) is 41.6.